The van der Waals surface area contributed by atoms with E-state index in [0.717, 1.165) is 19.1 Å². The minimum Gasteiger partial charge on any atom is -0.342 e. The van der Waals surface area contributed by atoms with Crippen LogP contribution in [0.2, 0.25) is 0 Å². The lowest BCUT2D eigenvalue weighted by Crippen LogP contribution is -2.51. The molecule has 0 radical (unpaired) electrons. The van der Waals surface area contributed by atoms with E-state index < -0.39 is 0 Å². The molecule has 0 aromatic heterocycles. The SMILES string of the molecule is Cl.Cl.NC1C2CCC(C2)C1C(=O)N1CCC(N2CCCC2)CC1. The Labute approximate surface area is 152 Å². The lowest BCUT2D eigenvalue weighted by Gasteiger charge is -2.39. The Morgan fingerprint density at radius 3 is 2.04 bits per heavy atom. The number of carbonyl (C=O) groups is 1. The van der Waals surface area contributed by atoms with Crippen LogP contribution in [-0.4, -0.2) is 54.0 Å². The van der Waals surface area contributed by atoms with E-state index in [-0.39, 0.29) is 36.8 Å². The van der Waals surface area contributed by atoms with Gasteiger partial charge < -0.3 is 15.5 Å². The van der Waals surface area contributed by atoms with E-state index in [0.29, 0.717) is 17.7 Å². The predicted octanol–water partition coefficient (Wildman–Crippen LogP) is 2.29. The molecule has 4 fully saturated rings. The van der Waals surface area contributed by atoms with Crippen LogP contribution < -0.4 is 5.73 Å². The average molecular weight is 364 g/mol. The van der Waals surface area contributed by atoms with Gasteiger partial charge >= 0.3 is 0 Å². The van der Waals surface area contributed by atoms with E-state index in [1.165, 1.54) is 58.0 Å². The maximum Gasteiger partial charge on any atom is 0.227 e. The zero-order valence-corrected chi connectivity index (χ0v) is 15.5. The smallest absolute Gasteiger partial charge is 0.227 e. The Morgan fingerprint density at radius 2 is 1.48 bits per heavy atom. The molecule has 4 aliphatic rings. The van der Waals surface area contributed by atoms with Crippen molar-refractivity contribution in [2.45, 2.75) is 57.0 Å². The first kappa shape index (κ1) is 19.3. The highest BCUT2D eigenvalue weighted by Crippen LogP contribution is 2.48. The second kappa shape index (κ2) is 7.90. The molecule has 2 bridgehead atoms. The van der Waals surface area contributed by atoms with Crippen LogP contribution in [0.25, 0.3) is 0 Å². The summed E-state index contributed by atoms with van der Waals surface area (Å²) in [6.45, 7) is 4.47. The van der Waals surface area contributed by atoms with Crippen molar-refractivity contribution >= 4 is 30.7 Å². The molecule has 2 aliphatic heterocycles. The largest absolute Gasteiger partial charge is 0.342 e. The van der Waals surface area contributed by atoms with Crippen LogP contribution in [0.5, 0.6) is 0 Å². The third-order valence-corrected chi connectivity index (χ3v) is 6.70. The summed E-state index contributed by atoms with van der Waals surface area (Å²) in [5.41, 5.74) is 6.34. The van der Waals surface area contributed by atoms with Gasteiger partial charge in [-0.15, -0.1) is 24.8 Å². The molecule has 134 valence electrons. The summed E-state index contributed by atoms with van der Waals surface area (Å²) in [6.07, 6.45) is 8.76. The molecule has 0 spiro atoms. The number of nitrogens with two attached hydrogens (primary N) is 1. The Bertz CT molecular complexity index is 407. The van der Waals surface area contributed by atoms with Gasteiger partial charge in [-0.1, -0.05) is 0 Å². The molecule has 4 rings (SSSR count). The van der Waals surface area contributed by atoms with Crippen LogP contribution in [0.4, 0.5) is 0 Å². The lowest BCUT2D eigenvalue weighted by molar-refractivity contribution is -0.139. The molecule has 2 N–H and O–H groups in total. The number of piperidine rings is 1. The highest BCUT2D eigenvalue weighted by atomic mass is 35.5. The molecular formula is C17H31Cl2N3O. The van der Waals surface area contributed by atoms with Gasteiger partial charge in [0, 0.05) is 25.2 Å². The van der Waals surface area contributed by atoms with Crippen LogP contribution in [0.1, 0.15) is 44.9 Å². The third-order valence-electron chi connectivity index (χ3n) is 6.70. The Morgan fingerprint density at radius 1 is 0.870 bits per heavy atom. The van der Waals surface area contributed by atoms with Crippen molar-refractivity contribution in [3.63, 3.8) is 0 Å². The molecule has 2 saturated heterocycles. The fourth-order valence-corrected chi connectivity index (χ4v) is 5.47. The first-order chi connectivity index (χ1) is 10.2. The van der Waals surface area contributed by atoms with Crippen LogP contribution >= 0.6 is 24.8 Å². The van der Waals surface area contributed by atoms with Crippen LogP contribution in [0.3, 0.4) is 0 Å². The van der Waals surface area contributed by atoms with E-state index in [1.54, 1.807) is 0 Å². The van der Waals surface area contributed by atoms with E-state index in [9.17, 15) is 4.79 Å². The molecular weight excluding hydrogens is 333 g/mol. The molecule has 4 atom stereocenters. The van der Waals surface area contributed by atoms with Gasteiger partial charge in [-0.25, -0.2) is 0 Å². The van der Waals surface area contributed by atoms with E-state index in [4.69, 9.17) is 5.73 Å². The highest BCUT2D eigenvalue weighted by molar-refractivity contribution is 5.85. The Hall–Kier alpha value is -0.0300. The number of halogens is 2. The quantitative estimate of drug-likeness (QED) is 0.818. The standard InChI is InChI=1S/C17H29N3O.2ClH/c18-16-13-4-3-12(11-13)15(16)17(21)20-9-5-14(6-10-20)19-7-1-2-8-19;;/h12-16H,1-11,18H2;2*1H. The molecule has 4 nitrogen and oxygen atoms in total. The van der Waals surface area contributed by atoms with E-state index in [1.807, 2.05) is 0 Å². The fraction of sp³-hybridized carbons (Fsp3) is 0.941. The van der Waals surface area contributed by atoms with E-state index >= 15 is 0 Å². The number of amides is 1. The van der Waals surface area contributed by atoms with Crippen molar-refractivity contribution in [1.29, 1.82) is 0 Å². The number of hydrogen-bond acceptors (Lipinski definition) is 3. The second-order valence-corrected chi connectivity index (χ2v) is 7.74. The molecule has 4 unspecified atom stereocenters. The molecule has 1 amide bonds. The summed E-state index contributed by atoms with van der Waals surface area (Å²) in [7, 11) is 0. The van der Waals surface area contributed by atoms with Gasteiger partial charge in [0.05, 0.1) is 5.92 Å². The Kier molecular flexibility index (Phi) is 6.63. The van der Waals surface area contributed by atoms with Crippen molar-refractivity contribution in [2.75, 3.05) is 26.2 Å². The summed E-state index contributed by atoms with van der Waals surface area (Å²) < 4.78 is 0. The molecule has 0 aromatic carbocycles. The van der Waals surface area contributed by atoms with Crippen molar-refractivity contribution in [3.8, 4) is 0 Å². The summed E-state index contributed by atoms with van der Waals surface area (Å²) in [6, 6.07) is 0.873. The number of nitrogens with zero attached hydrogens (tertiary/aromatic N) is 2. The average Bonchev–Trinajstić information content (AvgIpc) is 3.24. The topological polar surface area (TPSA) is 49.6 Å². The molecule has 2 heterocycles. The van der Waals surface area contributed by atoms with Gasteiger partial charge in [-0.05, 0) is 69.9 Å². The molecule has 2 aliphatic carbocycles. The maximum absolute atomic E-state index is 12.9. The highest BCUT2D eigenvalue weighted by Gasteiger charge is 2.50. The summed E-state index contributed by atoms with van der Waals surface area (Å²) in [5.74, 6) is 1.75. The van der Waals surface area contributed by atoms with Gasteiger partial charge in [0.15, 0.2) is 0 Å². The summed E-state index contributed by atoms with van der Waals surface area (Å²) in [4.78, 5) is 17.6. The minimum absolute atomic E-state index is 0. The predicted molar refractivity (Wildman–Crippen MR) is 97.2 cm³/mol. The molecule has 6 heteroatoms. The fourth-order valence-electron chi connectivity index (χ4n) is 5.47. The monoisotopic (exact) mass is 363 g/mol. The zero-order chi connectivity index (χ0) is 14.4. The van der Waals surface area contributed by atoms with Gasteiger partial charge in [0.25, 0.3) is 0 Å². The van der Waals surface area contributed by atoms with Crippen molar-refractivity contribution < 1.29 is 4.79 Å². The van der Waals surface area contributed by atoms with Crippen molar-refractivity contribution in [1.82, 2.24) is 9.80 Å². The molecule has 23 heavy (non-hydrogen) atoms. The Balaban J connectivity index is 0.000000960. The number of hydrogen-bond donors (Lipinski definition) is 1. The van der Waals surface area contributed by atoms with Crippen LogP contribution in [0, 0.1) is 17.8 Å². The minimum atomic E-state index is 0. The van der Waals surface area contributed by atoms with Gasteiger partial charge in [0.2, 0.25) is 5.91 Å². The third kappa shape index (κ3) is 3.51. The number of carbonyl (C=O) groups excluding carboxylic acids is 1. The van der Waals surface area contributed by atoms with Crippen LogP contribution in [0.15, 0.2) is 0 Å². The summed E-state index contributed by atoms with van der Waals surface area (Å²) in [5, 5.41) is 0. The van der Waals surface area contributed by atoms with Gasteiger partial charge in [0.1, 0.15) is 0 Å². The van der Waals surface area contributed by atoms with Crippen molar-refractivity contribution in [2.24, 2.45) is 23.5 Å². The van der Waals surface area contributed by atoms with E-state index in [2.05, 4.69) is 9.80 Å². The van der Waals surface area contributed by atoms with Gasteiger partial charge in [-0.3, -0.25) is 4.79 Å². The second-order valence-electron chi connectivity index (χ2n) is 7.74. The molecule has 0 aromatic rings. The maximum atomic E-state index is 12.9. The first-order valence-corrected chi connectivity index (χ1v) is 9.02. The lowest BCUT2D eigenvalue weighted by atomic mass is 9.83. The van der Waals surface area contributed by atoms with Gasteiger partial charge in [-0.2, -0.15) is 0 Å². The summed E-state index contributed by atoms with van der Waals surface area (Å²) >= 11 is 0. The number of rotatable bonds is 2. The van der Waals surface area contributed by atoms with Crippen molar-refractivity contribution in [3.05, 3.63) is 0 Å². The number of fused-ring (bicyclic) bond motifs is 2. The van der Waals surface area contributed by atoms with Crippen LogP contribution in [-0.2, 0) is 4.79 Å². The normalized spacial score (nSPS) is 37.5. The molecule has 2 saturated carbocycles. The zero-order valence-electron chi connectivity index (χ0n) is 13.9. The number of likely N-dealkylation sites (tertiary alicyclic amines) is 2. The first-order valence-electron chi connectivity index (χ1n) is 9.02.